The average molecular weight is 281 g/mol. The van der Waals surface area contributed by atoms with E-state index in [1.165, 1.54) is 24.8 Å². The highest BCUT2D eigenvalue weighted by Crippen LogP contribution is 2.27. The van der Waals surface area contributed by atoms with Gasteiger partial charge in [-0.25, -0.2) is 0 Å². The van der Waals surface area contributed by atoms with Gasteiger partial charge in [-0.2, -0.15) is 0 Å². The van der Waals surface area contributed by atoms with Crippen LogP contribution in [-0.2, 0) is 0 Å². The van der Waals surface area contributed by atoms with Crippen molar-refractivity contribution in [2.75, 3.05) is 6.54 Å². The van der Waals surface area contributed by atoms with Crippen LogP contribution >= 0.6 is 0 Å². The zero-order chi connectivity index (χ0) is 15.1. The van der Waals surface area contributed by atoms with Crippen molar-refractivity contribution < 1.29 is 5.21 Å². The molecule has 1 aliphatic heterocycles. The summed E-state index contributed by atoms with van der Waals surface area (Å²) in [5, 5.41) is 12.0. The van der Waals surface area contributed by atoms with Gasteiger partial charge in [0, 0.05) is 6.54 Å². The topological polar surface area (TPSA) is 70.3 Å². The molecule has 5 N–H and O–H groups in total. The van der Waals surface area contributed by atoms with Crippen molar-refractivity contribution >= 4 is 0 Å². The number of hydrogen-bond donors (Lipinski definition) is 4. The molecule has 0 saturated heterocycles. The monoisotopic (exact) mass is 281 g/mol. The molecule has 1 rings (SSSR count). The highest BCUT2D eigenvalue weighted by molar-refractivity contribution is 5.29. The van der Waals surface area contributed by atoms with Crippen molar-refractivity contribution in [3.63, 3.8) is 0 Å². The Kier molecular flexibility index (Phi) is 6.93. The molecule has 0 radical (unpaired) electrons. The minimum atomic E-state index is 0.508. The van der Waals surface area contributed by atoms with Gasteiger partial charge in [0.2, 0.25) is 0 Å². The maximum Gasteiger partial charge on any atom is 0.147 e. The number of hydrogen-bond acceptors (Lipinski definition) is 4. The number of nitrogens with two attached hydrogens (primary N) is 1. The van der Waals surface area contributed by atoms with E-state index in [1.807, 2.05) is 6.08 Å². The summed E-state index contributed by atoms with van der Waals surface area (Å²) in [5.74, 6) is 2.80. The van der Waals surface area contributed by atoms with Crippen LogP contribution in [0.25, 0.3) is 0 Å². The molecule has 1 aliphatic rings. The van der Waals surface area contributed by atoms with Gasteiger partial charge in [0.15, 0.2) is 0 Å². The lowest BCUT2D eigenvalue weighted by Crippen LogP contribution is -2.32. The first-order chi connectivity index (χ1) is 9.43. The quantitative estimate of drug-likeness (QED) is 0.516. The van der Waals surface area contributed by atoms with Crippen molar-refractivity contribution in [1.29, 1.82) is 0 Å². The van der Waals surface area contributed by atoms with Gasteiger partial charge >= 0.3 is 0 Å². The van der Waals surface area contributed by atoms with E-state index in [-0.39, 0.29) is 0 Å². The van der Waals surface area contributed by atoms with Gasteiger partial charge in [-0.1, -0.05) is 34.1 Å². The highest BCUT2D eigenvalue weighted by atomic mass is 16.5. The second-order valence-corrected chi connectivity index (χ2v) is 6.61. The van der Waals surface area contributed by atoms with E-state index in [9.17, 15) is 0 Å². The molecule has 4 nitrogen and oxygen atoms in total. The van der Waals surface area contributed by atoms with Crippen LogP contribution in [0.5, 0.6) is 0 Å². The summed E-state index contributed by atoms with van der Waals surface area (Å²) in [6.45, 7) is 9.99. The molecular formula is C16H31N3O. The zero-order valence-corrected chi connectivity index (χ0v) is 13.4. The summed E-state index contributed by atoms with van der Waals surface area (Å²) in [5.41, 5.74) is 9.85. The molecular weight excluding hydrogens is 250 g/mol. The van der Waals surface area contributed by atoms with E-state index in [1.54, 1.807) is 0 Å². The van der Waals surface area contributed by atoms with Crippen molar-refractivity contribution in [2.24, 2.45) is 23.5 Å². The first kappa shape index (κ1) is 16.9. The lowest BCUT2D eigenvalue weighted by atomic mass is 9.84. The third-order valence-corrected chi connectivity index (χ3v) is 4.15. The maximum absolute atomic E-state index is 8.88. The highest BCUT2D eigenvalue weighted by Gasteiger charge is 2.16. The third kappa shape index (κ3) is 5.45. The SMILES string of the molecule is CC(C)CCC(CCC1=CC(N)=C(NO)NC1)C(C)C. The molecule has 0 bridgehead atoms. The Morgan fingerprint density at radius 1 is 1.25 bits per heavy atom. The first-order valence-electron chi connectivity index (χ1n) is 7.77. The van der Waals surface area contributed by atoms with Crippen LogP contribution in [0.15, 0.2) is 23.2 Å². The normalized spacial score (nSPS) is 17.2. The van der Waals surface area contributed by atoms with Crippen molar-refractivity contribution in [3.8, 4) is 0 Å². The van der Waals surface area contributed by atoms with Crippen molar-refractivity contribution in [3.05, 3.63) is 23.2 Å². The van der Waals surface area contributed by atoms with Crippen molar-refractivity contribution in [2.45, 2.75) is 53.4 Å². The molecule has 0 aromatic rings. The van der Waals surface area contributed by atoms with Crippen LogP contribution in [0.3, 0.4) is 0 Å². The van der Waals surface area contributed by atoms with Crippen LogP contribution < -0.4 is 16.5 Å². The van der Waals surface area contributed by atoms with Gasteiger partial charge in [-0.15, -0.1) is 0 Å². The molecule has 0 aromatic heterocycles. The molecule has 0 spiro atoms. The first-order valence-corrected chi connectivity index (χ1v) is 7.77. The van der Waals surface area contributed by atoms with E-state index in [0.717, 1.165) is 30.7 Å². The molecule has 0 fully saturated rings. The van der Waals surface area contributed by atoms with E-state index in [0.29, 0.717) is 11.5 Å². The van der Waals surface area contributed by atoms with Gasteiger partial charge in [-0.3, -0.25) is 10.7 Å². The summed E-state index contributed by atoms with van der Waals surface area (Å²) in [7, 11) is 0. The molecule has 0 aromatic carbocycles. The number of dihydropyridines is 1. The Morgan fingerprint density at radius 3 is 2.45 bits per heavy atom. The van der Waals surface area contributed by atoms with E-state index in [4.69, 9.17) is 10.9 Å². The number of allylic oxidation sites excluding steroid dienone is 1. The fourth-order valence-electron chi connectivity index (χ4n) is 2.64. The van der Waals surface area contributed by atoms with E-state index >= 15 is 0 Å². The molecule has 0 aliphatic carbocycles. The minimum Gasteiger partial charge on any atom is -0.396 e. The summed E-state index contributed by atoms with van der Waals surface area (Å²) in [6, 6.07) is 0. The van der Waals surface area contributed by atoms with Crippen molar-refractivity contribution in [1.82, 2.24) is 10.8 Å². The molecule has 0 saturated carbocycles. The van der Waals surface area contributed by atoms with Gasteiger partial charge in [0.25, 0.3) is 0 Å². The smallest absolute Gasteiger partial charge is 0.147 e. The second-order valence-electron chi connectivity index (χ2n) is 6.61. The summed E-state index contributed by atoms with van der Waals surface area (Å²) >= 11 is 0. The minimum absolute atomic E-state index is 0.508. The van der Waals surface area contributed by atoms with Crippen LogP contribution in [0.1, 0.15) is 53.4 Å². The van der Waals surface area contributed by atoms with Crippen LogP contribution in [0, 0.1) is 17.8 Å². The Bertz CT molecular complexity index is 359. The standard InChI is InChI=1S/C16H31N3O/c1-11(2)5-7-14(12(3)4)8-6-13-9-15(17)16(19-20)18-10-13/h9,11-12,14,18-20H,5-8,10,17H2,1-4H3. The van der Waals surface area contributed by atoms with Gasteiger partial charge in [0.05, 0.1) is 5.70 Å². The summed E-state index contributed by atoms with van der Waals surface area (Å²) in [4.78, 5) is 0. The molecule has 1 atom stereocenters. The molecule has 116 valence electrons. The van der Waals surface area contributed by atoms with E-state index in [2.05, 4.69) is 38.5 Å². The van der Waals surface area contributed by atoms with Gasteiger partial charge in [-0.05, 0) is 48.7 Å². The summed E-state index contributed by atoms with van der Waals surface area (Å²) < 4.78 is 0. The predicted octanol–water partition coefficient (Wildman–Crippen LogP) is 3.11. The summed E-state index contributed by atoms with van der Waals surface area (Å²) in [6.07, 6.45) is 6.89. The largest absolute Gasteiger partial charge is 0.396 e. The van der Waals surface area contributed by atoms with Gasteiger partial charge < -0.3 is 11.1 Å². The Hall–Kier alpha value is -1.16. The zero-order valence-electron chi connectivity index (χ0n) is 13.4. The second kappa shape index (κ2) is 8.20. The Morgan fingerprint density at radius 2 is 1.95 bits per heavy atom. The fraction of sp³-hybridized carbons (Fsp3) is 0.750. The molecule has 1 heterocycles. The lowest BCUT2D eigenvalue weighted by molar-refractivity contribution is 0.190. The fourth-order valence-corrected chi connectivity index (χ4v) is 2.64. The van der Waals surface area contributed by atoms with Crippen LogP contribution in [-0.4, -0.2) is 11.8 Å². The Labute approximate surface area is 123 Å². The number of rotatable bonds is 8. The molecule has 20 heavy (non-hydrogen) atoms. The Balaban J connectivity index is 2.50. The molecule has 0 amide bonds. The number of hydroxylamine groups is 1. The van der Waals surface area contributed by atoms with E-state index < -0.39 is 0 Å². The maximum atomic E-state index is 8.88. The number of nitrogens with one attached hydrogen (secondary N) is 2. The van der Waals surface area contributed by atoms with Gasteiger partial charge in [0.1, 0.15) is 5.82 Å². The molecule has 1 unspecified atom stereocenters. The average Bonchev–Trinajstić information content (AvgIpc) is 2.38. The van der Waals surface area contributed by atoms with Crippen LogP contribution in [0.2, 0.25) is 0 Å². The van der Waals surface area contributed by atoms with Crippen LogP contribution in [0.4, 0.5) is 0 Å². The predicted molar refractivity (Wildman–Crippen MR) is 83.9 cm³/mol. The third-order valence-electron chi connectivity index (χ3n) is 4.15. The molecule has 4 heteroatoms. The lowest BCUT2D eigenvalue weighted by Gasteiger charge is -2.24.